The molecule has 0 unspecified atom stereocenters. The van der Waals surface area contributed by atoms with E-state index in [0.29, 0.717) is 24.6 Å². The van der Waals surface area contributed by atoms with E-state index >= 15 is 0 Å². The molecule has 7 heteroatoms. The third kappa shape index (κ3) is 2.60. The number of rotatable bonds is 2. The smallest absolute Gasteiger partial charge is 0.196 e. The fraction of sp³-hybridized carbons (Fsp3) is 0.111. The number of aromatic nitrogens is 2. The number of benzene rings is 2. The first-order chi connectivity index (χ1) is 11.9. The van der Waals surface area contributed by atoms with Gasteiger partial charge >= 0.3 is 0 Å². The van der Waals surface area contributed by atoms with Crippen LogP contribution in [0.4, 0.5) is 11.5 Å². The standard InChI is InChI=1S/C18H13N3O3.ClH/c1-2-4-13-12(3-1)16-17(24-13)18(20-10-19-16)21-11-5-6-14-15(9-11)23-8-7-22-14;/h1-6,9-10H,7-8H2,(H,19,20,21);1H. The molecule has 0 amide bonds. The molecule has 0 aliphatic carbocycles. The van der Waals surface area contributed by atoms with Crippen molar-refractivity contribution >= 4 is 46.0 Å². The molecule has 1 N–H and O–H groups in total. The van der Waals surface area contributed by atoms with Crippen molar-refractivity contribution in [2.45, 2.75) is 0 Å². The SMILES string of the molecule is Cl.c1ccc2c(c1)oc1c(Nc3ccc4c(c3)OCCO4)ncnc12. The van der Waals surface area contributed by atoms with Crippen LogP contribution in [0.25, 0.3) is 22.1 Å². The lowest BCUT2D eigenvalue weighted by atomic mass is 10.2. The third-order valence-electron chi connectivity index (χ3n) is 3.96. The molecule has 1 aliphatic rings. The number of ether oxygens (including phenoxy) is 2. The van der Waals surface area contributed by atoms with E-state index in [4.69, 9.17) is 13.9 Å². The zero-order valence-corrected chi connectivity index (χ0v) is 13.9. The average molecular weight is 356 g/mol. The highest BCUT2D eigenvalue weighted by Gasteiger charge is 2.15. The molecule has 0 saturated carbocycles. The molecule has 0 radical (unpaired) electrons. The highest BCUT2D eigenvalue weighted by molar-refractivity contribution is 6.05. The lowest BCUT2D eigenvalue weighted by Crippen LogP contribution is -2.15. The highest BCUT2D eigenvalue weighted by atomic mass is 35.5. The highest BCUT2D eigenvalue weighted by Crippen LogP contribution is 2.35. The zero-order chi connectivity index (χ0) is 15.9. The molecule has 1 aliphatic heterocycles. The molecule has 5 rings (SSSR count). The van der Waals surface area contributed by atoms with Gasteiger partial charge in [0.2, 0.25) is 0 Å². The van der Waals surface area contributed by atoms with Gasteiger partial charge < -0.3 is 19.2 Å². The van der Waals surface area contributed by atoms with Gasteiger partial charge in [-0.1, -0.05) is 12.1 Å². The Kier molecular flexibility index (Phi) is 3.82. The number of para-hydroxylation sites is 1. The molecule has 2 aromatic carbocycles. The van der Waals surface area contributed by atoms with Crippen LogP contribution in [0.15, 0.2) is 53.2 Å². The Hall–Kier alpha value is -2.99. The van der Waals surface area contributed by atoms with E-state index in [1.165, 1.54) is 6.33 Å². The largest absolute Gasteiger partial charge is 0.486 e. The van der Waals surface area contributed by atoms with Gasteiger partial charge in [-0.05, 0) is 24.3 Å². The summed E-state index contributed by atoms with van der Waals surface area (Å²) in [4.78, 5) is 8.67. The van der Waals surface area contributed by atoms with E-state index in [1.54, 1.807) is 0 Å². The Bertz CT molecular complexity index is 1060. The van der Waals surface area contributed by atoms with Gasteiger partial charge in [-0.2, -0.15) is 0 Å². The predicted molar refractivity (Wildman–Crippen MR) is 97.3 cm³/mol. The molecule has 126 valence electrons. The lowest BCUT2D eigenvalue weighted by molar-refractivity contribution is 0.171. The second-order valence-corrected chi connectivity index (χ2v) is 5.48. The number of hydrogen-bond donors (Lipinski definition) is 1. The molecule has 3 heterocycles. The van der Waals surface area contributed by atoms with Gasteiger partial charge in [0.05, 0.1) is 0 Å². The quantitative estimate of drug-likeness (QED) is 0.577. The van der Waals surface area contributed by atoms with Gasteiger partial charge in [-0.15, -0.1) is 12.4 Å². The van der Waals surface area contributed by atoms with E-state index in [2.05, 4.69) is 15.3 Å². The molecular weight excluding hydrogens is 342 g/mol. The molecule has 0 saturated heterocycles. The van der Waals surface area contributed by atoms with E-state index < -0.39 is 0 Å². The van der Waals surface area contributed by atoms with Crippen molar-refractivity contribution in [2.75, 3.05) is 18.5 Å². The molecule has 0 fully saturated rings. The fourth-order valence-electron chi connectivity index (χ4n) is 2.87. The first-order valence-corrected chi connectivity index (χ1v) is 7.67. The minimum Gasteiger partial charge on any atom is -0.486 e. The van der Waals surface area contributed by atoms with Crippen LogP contribution in [0.2, 0.25) is 0 Å². The summed E-state index contributed by atoms with van der Waals surface area (Å²) in [7, 11) is 0. The first kappa shape index (κ1) is 15.5. The number of hydrogen-bond acceptors (Lipinski definition) is 6. The van der Waals surface area contributed by atoms with E-state index in [-0.39, 0.29) is 12.4 Å². The Morgan fingerprint density at radius 1 is 0.920 bits per heavy atom. The average Bonchev–Trinajstić information content (AvgIpc) is 3.02. The summed E-state index contributed by atoms with van der Waals surface area (Å²) < 4.78 is 17.1. The van der Waals surface area contributed by atoms with Crippen molar-refractivity contribution in [2.24, 2.45) is 0 Å². The van der Waals surface area contributed by atoms with Crippen LogP contribution in [0, 0.1) is 0 Å². The van der Waals surface area contributed by atoms with Crippen molar-refractivity contribution in [3.8, 4) is 11.5 Å². The van der Waals surface area contributed by atoms with Crippen molar-refractivity contribution in [3.05, 3.63) is 48.8 Å². The monoisotopic (exact) mass is 355 g/mol. The summed E-state index contributed by atoms with van der Waals surface area (Å²) in [5.41, 5.74) is 3.06. The molecular formula is C18H14ClN3O3. The summed E-state index contributed by atoms with van der Waals surface area (Å²) in [5, 5.41) is 4.25. The number of halogens is 1. The predicted octanol–water partition coefficient (Wildman–Crippen LogP) is 4.31. The van der Waals surface area contributed by atoms with E-state index in [9.17, 15) is 0 Å². The van der Waals surface area contributed by atoms with Gasteiger partial charge in [0, 0.05) is 17.1 Å². The van der Waals surface area contributed by atoms with E-state index in [1.807, 2.05) is 42.5 Å². The molecule has 4 aromatic rings. The molecule has 0 spiro atoms. The van der Waals surface area contributed by atoms with Gasteiger partial charge in [0.15, 0.2) is 22.9 Å². The summed E-state index contributed by atoms with van der Waals surface area (Å²) in [5.74, 6) is 2.09. The van der Waals surface area contributed by atoms with Crippen molar-refractivity contribution in [1.29, 1.82) is 0 Å². The summed E-state index contributed by atoms with van der Waals surface area (Å²) >= 11 is 0. The van der Waals surface area contributed by atoms with Gasteiger partial charge in [0.25, 0.3) is 0 Å². The fourth-order valence-corrected chi connectivity index (χ4v) is 2.87. The number of fused-ring (bicyclic) bond motifs is 4. The van der Waals surface area contributed by atoms with Crippen LogP contribution in [0.1, 0.15) is 0 Å². The molecule has 0 atom stereocenters. The van der Waals surface area contributed by atoms with Crippen LogP contribution >= 0.6 is 12.4 Å². The van der Waals surface area contributed by atoms with Gasteiger partial charge in [0.1, 0.15) is 30.6 Å². The second kappa shape index (κ2) is 6.14. The maximum atomic E-state index is 5.92. The van der Waals surface area contributed by atoms with Crippen molar-refractivity contribution < 1.29 is 13.9 Å². The van der Waals surface area contributed by atoms with Crippen LogP contribution < -0.4 is 14.8 Å². The number of furan rings is 1. The van der Waals surface area contributed by atoms with Crippen LogP contribution in [0.3, 0.4) is 0 Å². The number of anilines is 2. The number of nitrogens with one attached hydrogen (secondary N) is 1. The van der Waals surface area contributed by atoms with Crippen LogP contribution in [0.5, 0.6) is 11.5 Å². The summed E-state index contributed by atoms with van der Waals surface area (Å²) in [6.45, 7) is 1.13. The summed E-state index contributed by atoms with van der Waals surface area (Å²) in [6.07, 6.45) is 1.53. The second-order valence-electron chi connectivity index (χ2n) is 5.48. The minimum atomic E-state index is 0. The van der Waals surface area contributed by atoms with Crippen LogP contribution in [-0.2, 0) is 0 Å². The maximum Gasteiger partial charge on any atom is 0.196 e. The Morgan fingerprint density at radius 3 is 2.68 bits per heavy atom. The van der Waals surface area contributed by atoms with Crippen molar-refractivity contribution in [3.63, 3.8) is 0 Å². The third-order valence-corrected chi connectivity index (χ3v) is 3.96. The topological polar surface area (TPSA) is 69.4 Å². The van der Waals surface area contributed by atoms with Crippen molar-refractivity contribution in [1.82, 2.24) is 9.97 Å². The lowest BCUT2D eigenvalue weighted by Gasteiger charge is -2.19. The molecule has 6 nitrogen and oxygen atoms in total. The Balaban J connectivity index is 0.00000157. The molecule has 2 aromatic heterocycles. The Labute approximate surface area is 149 Å². The van der Waals surface area contributed by atoms with E-state index in [0.717, 1.165) is 33.7 Å². The minimum absolute atomic E-state index is 0. The number of nitrogens with zero attached hydrogens (tertiary/aromatic N) is 2. The Morgan fingerprint density at radius 2 is 1.76 bits per heavy atom. The van der Waals surface area contributed by atoms with Gasteiger partial charge in [-0.3, -0.25) is 0 Å². The normalized spacial score (nSPS) is 12.8. The maximum absolute atomic E-state index is 5.92. The first-order valence-electron chi connectivity index (χ1n) is 7.67. The molecule has 25 heavy (non-hydrogen) atoms. The zero-order valence-electron chi connectivity index (χ0n) is 13.1. The van der Waals surface area contributed by atoms with Gasteiger partial charge in [-0.25, -0.2) is 9.97 Å². The van der Waals surface area contributed by atoms with Crippen LogP contribution in [-0.4, -0.2) is 23.2 Å². The summed E-state index contributed by atoms with van der Waals surface area (Å²) in [6, 6.07) is 13.5. The molecule has 0 bridgehead atoms.